The zero-order valence-corrected chi connectivity index (χ0v) is 13.6. The third-order valence-electron chi connectivity index (χ3n) is 4.13. The first kappa shape index (κ1) is 14.8. The van der Waals surface area contributed by atoms with Gasteiger partial charge in [0.15, 0.2) is 0 Å². The third kappa shape index (κ3) is 2.77. The maximum Gasteiger partial charge on any atom is 0.256 e. The summed E-state index contributed by atoms with van der Waals surface area (Å²) in [7, 11) is 0. The van der Waals surface area contributed by atoms with Crippen LogP contribution >= 0.6 is 11.3 Å². The van der Waals surface area contributed by atoms with Gasteiger partial charge in [0, 0.05) is 10.4 Å². The number of nitrogens with zero attached hydrogens (tertiary/aromatic N) is 1. The normalized spacial score (nSPS) is 16.7. The number of hydrogen-bond donors (Lipinski definition) is 1. The van der Waals surface area contributed by atoms with Gasteiger partial charge in [0.05, 0.1) is 5.56 Å². The maximum atomic E-state index is 12.4. The quantitative estimate of drug-likeness (QED) is 0.899. The lowest BCUT2D eigenvalue weighted by Gasteiger charge is -2.17. The van der Waals surface area contributed by atoms with E-state index in [2.05, 4.69) is 18.3 Å². The number of anilines is 1. The van der Waals surface area contributed by atoms with Crippen molar-refractivity contribution in [2.45, 2.75) is 33.1 Å². The number of carbonyl (C=O) groups excluding carboxylic acids is 1. The Labute approximate surface area is 134 Å². The molecular formula is C18H18N2OS. The Hall–Kier alpha value is -2.12. The molecule has 1 N–H and O–H groups in total. The fraction of sp³-hybridized carbons (Fsp3) is 0.333. The molecule has 0 unspecified atom stereocenters. The second-order valence-electron chi connectivity index (χ2n) is 5.99. The van der Waals surface area contributed by atoms with Crippen molar-refractivity contribution < 1.29 is 4.79 Å². The molecule has 2 aromatic rings. The Morgan fingerprint density at radius 2 is 2.27 bits per heavy atom. The lowest BCUT2D eigenvalue weighted by Crippen LogP contribution is -2.12. The molecule has 1 aliphatic rings. The van der Waals surface area contributed by atoms with Crippen molar-refractivity contribution >= 4 is 22.2 Å². The highest BCUT2D eigenvalue weighted by Gasteiger charge is 2.24. The lowest BCUT2D eigenvalue weighted by molar-refractivity contribution is 0.102. The van der Waals surface area contributed by atoms with Gasteiger partial charge in [-0.05, 0) is 49.8 Å². The van der Waals surface area contributed by atoms with Crippen molar-refractivity contribution in [2.75, 3.05) is 5.32 Å². The highest BCUT2D eigenvalue weighted by Crippen LogP contribution is 2.39. The molecule has 1 aliphatic carbocycles. The van der Waals surface area contributed by atoms with Crippen LogP contribution in [0.1, 0.15) is 45.3 Å². The Morgan fingerprint density at radius 1 is 1.45 bits per heavy atom. The van der Waals surface area contributed by atoms with E-state index in [1.54, 1.807) is 17.4 Å². The number of rotatable bonds is 2. The van der Waals surface area contributed by atoms with Gasteiger partial charge in [0.1, 0.15) is 11.1 Å². The van der Waals surface area contributed by atoms with Crippen molar-refractivity contribution in [2.24, 2.45) is 5.92 Å². The standard InChI is InChI=1S/C18H18N2OS/c1-11-4-3-5-13(8-11)17(21)20-18-15(10-19)14-7-6-12(2)9-16(14)22-18/h3-5,8,12H,6-7,9H2,1-2H3,(H,20,21)/t12-/m0/s1. The van der Waals surface area contributed by atoms with Gasteiger partial charge in [-0.2, -0.15) is 5.26 Å². The molecule has 1 amide bonds. The van der Waals surface area contributed by atoms with Crippen molar-refractivity contribution in [3.05, 3.63) is 51.4 Å². The van der Waals surface area contributed by atoms with Crippen LogP contribution in [0.25, 0.3) is 0 Å². The van der Waals surface area contributed by atoms with Gasteiger partial charge in [-0.3, -0.25) is 4.79 Å². The predicted octanol–water partition coefficient (Wildman–Crippen LogP) is 4.31. The molecule has 22 heavy (non-hydrogen) atoms. The molecule has 0 saturated carbocycles. The van der Waals surface area contributed by atoms with E-state index in [-0.39, 0.29) is 5.91 Å². The van der Waals surface area contributed by atoms with Crippen LogP contribution in [0.5, 0.6) is 0 Å². The largest absolute Gasteiger partial charge is 0.312 e. The summed E-state index contributed by atoms with van der Waals surface area (Å²) < 4.78 is 0. The zero-order valence-electron chi connectivity index (χ0n) is 12.8. The molecule has 0 spiro atoms. The molecule has 0 fully saturated rings. The number of benzene rings is 1. The summed E-state index contributed by atoms with van der Waals surface area (Å²) in [5.41, 5.74) is 3.48. The number of aryl methyl sites for hydroxylation is 1. The van der Waals surface area contributed by atoms with E-state index in [0.717, 1.165) is 30.4 Å². The van der Waals surface area contributed by atoms with Gasteiger partial charge >= 0.3 is 0 Å². The van der Waals surface area contributed by atoms with Gasteiger partial charge in [0.2, 0.25) is 0 Å². The highest BCUT2D eigenvalue weighted by atomic mass is 32.1. The Bertz CT molecular complexity index is 770. The molecule has 3 nitrogen and oxygen atoms in total. The molecule has 0 aliphatic heterocycles. The summed E-state index contributed by atoms with van der Waals surface area (Å²) in [5, 5.41) is 13.1. The number of nitriles is 1. The van der Waals surface area contributed by atoms with E-state index in [1.165, 1.54) is 4.88 Å². The van der Waals surface area contributed by atoms with Crippen LogP contribution in [-0.2, 0) is 12.8 Å². The first-order valence-electron chi connectivity index (χ1n) is 7.51. The van der Waals surface area contributed by atoms with Gasteiger partial charge in [-0.1, -0.05) is 24.6 Å². The minimum atomic E-state index is -0.146. The number of hydrogen-bond acceptors (Lipinski definition) is 3. The maximum absolute atomic E-state index is 12.4. The molecule has 1 atom stereocenters. The summed E-state index contributed by atoms with van der Waals surface area (Å²) in [6, 6.07) is 9.77. The molecule has 4 heteroatoms. The van der Waals surface area contributed by atoms with E-state index in [4.69, 9.17) is 0 Å². The Kier molecular flexibility index (Phi) is 4.00. The molecular weight excluding hydrogens is 292 g/mol. The van der Waals surface area contributed by atoms with E-state index in [0.29, 0.717) is 22.0 Å². The van der Waals surface area contributed by atoms with Crippen LogP contribution in [0, 0.1) is 24.2 Å². The van der Waals surface area contributed by atoms with Crippen LogP contribution < -0.4 is 5.32 Å². The summed E-state index contributed by atoms with van der Waals surface area (Å²) in [5.74, 6) is 0.505. The monoisotopic (exact) mass is 310 g/mol. The molecule has 1 aromatic heterocycles. The van der Waals surface area contributed by atoms with Crippen LogP contribution in [0.15, 0.2) is 24.3 Å². The minimum Gasteiger partial charge on any atom is -0.312 e. The third-order valence-corrected chi connectivity index (χ3v) is 5.30. The van der Waals surface area contributed by atoms with Crippen LogP contribution in [0.4, 0.5) is 5.00 Å². The van der Waals surface area contributed by atoms with E-state index in [9.17, 15) is 10.1 Å². The number of fused-ring (bicyclic) bond motifs is 1. The topological polar surface area (TPSA) is 52.9 Å². The summed E-state index contributed by atoms with van der Waals surface area (Å²) in [6.07, 6.45) is 3.06. The molecule has 112 valence electrons. The zero-order chi connectivity index (χ0) is 15.7. The van der Waals surface area contributed by atoms with Crippen LogP contribution in [0.2, 0.25) is 0 Å². The Morgan fingerprint density at radius 3 is 3.00 bits per heavy atom. The number of nitrogens with one attached hydrogen (secondary N) is 1. The molecule has 0 saturated heterocycles. The van der Waals surface area contributed by atoms with Crippen molar-refractivity contribution in [3.8, 4) is 6.07 Å². The average molecular weight is 310 g/mol. The lowest BCUT2D eigenvalue weighted by atomic mass is 9.88. The minimum absolute atomic E-state index is 0.146. The van der Waals surface area contributed by atoms with E-state index >= 15 is 0 Å². The molecule has 1 aromatic carbocycles. The van der Waals surface area contributed by atoms with Crippen molar-refractivity contribution in [3.63, 3.8) is 0 Å². The number of carbonyl (C=O) groups is 1. The SMILES string of the molecule is Cc1cccc(C(=O)Nc2sc3c(c2C#N)CC[C@H](C)C3)c1. The van der Waals surface area contributed by atoms with Crippen molar-refractivity contribution in [1.82, 2.24) is 0 Å². The van der Waals surface area contributed by atoms with Crippen molar-refractivity contribution in [1.29, 1.82) is 5.26 Å². The second-order valence-corrected chi connectivity index (χ2v) is 7.10. The average Bonchev–Trinajstić information content (AvgIpc) is 2.83. The highest BCUT2D eigenvalue weighted by molar-refractivity contribution is 7.16. The summed E-state index contributed by atoms with van der Waals surface area (Å²) in [6.45, 7) is 4.20. The second kappa shape index (κ2) is 5.94. The summed E-state index contributed by atoms with van der Waals surface area (Å²) in [4.78, 5) is 13.7. The van der Waals surface area contributed by atoms with Crippen LogP contribution in [-0.4, -0.2) is 5.91 Å². The molecule has 0 radical (unpaired) electrons. The summed E-state index contributed by atoms with van der Waals surface area (Å²) >= 11 is 1.56. The first-order chi connectivity index (χ1) is 10.6. The van der Waals surface area contributed by atoms with Gasteiger partial charge in [-0.15, -0.1) is 11.3 Å². The number of amides is 1. The number of thiophene rings is 1. The van der Waals surface area contributed by atoms with E-state index < -0.39 is 0 Å². The van der Waals surface area contributed by atoms with Gasteiger partial charge < -0.3 is 5.32 Å². The fourth-order valence-corrected chi connectivity index (χ4v) is 4.27. The van der Waals surface area contributed by atoms with Crippen LogP contribution in [0.3, 0.4) is 0 Å². The predicted molar refractivity (Wildman–Crippen MR) is 89.4 cm³/mol. The fourth-order valence-electron chi connectivity index (χ4n) is 2.92. The smallest absolute Gasteiger partial charge is 0.256 e. The van der Waals surface area contributed by atoms with Gasteiger partial charge in [0.25, 0.3) is 5.91 Å². The first-order valence-corrected chi connectivity index (χ1v) is 8.32. The van der Waals surface area contributed by atoms with E-state index in [1.807, 2.05) is 25.1 Å². The molecule has 3 rings (SSSR count). The van der Waals surface area contributed by atoms with Gasteiger partial charge in [-0.25, -0.2) is 0 Å². The Balaban J connectivity index is 1.90. The molecule has 1 heterocycles. The molecule has 0 bridgehead atoms.